The highest BCUT2D eigenvalue weighted by molar-refractivity contribution is 4.57. The molecular formula is C7H18N2O6. The summed E-state index contributed by atoms with van der Waals surface area (Å²) in [6, 6.07) is 0. The minimum Gasteiger partial charge on any atom is -0.343 e. The van der Waals surface area contributed by atoms with Crippen LogP contribution in [0.4, 0.5) is 0 Å². The first-order valence-corrected chi connectivity index (χ1v) is 4.46. The van der Waals surface area contributed by atoms with Gasteiger partial charge >= 0.3 is 0 Å². The van der Waals surface area contributed by atoms with Gasteiger partial charge in [0.2, 0.25) is 0 Å². The third-order valence-electron chi connectivity index (χ3n) is 1.43. The summed E-state index contributed by atoms with van der Waals surface area (Å²) in [6.07, 6.45) is 0.548. The Morgan fingerprint density at radius 2 is 1.00 bits per heavy atom. The predicted octanol–water partition coefficient (Wildman–Crippen LogP) is -4.18. The fraction of sp³-hybridized carbons (Fsp3) is 1.00. The van der Waals surface area contributed by atoms with Gasteiger partial charge in [-0.15, -0.1) is 0 Å². The highest BCUT2D eigenvalue weighted by atomic mass is 16.7. The molecule has 0 aliphatic heterocycles. The van der Waals surface area contributed by atoms with Crippen LogP contribution in [-0.2, 0) is 0 Å². The van der Waals surface area contributed by atoms with Gasteiger partial charge in [0, 0.05) is 0 Å². The third kappa shape index (κ3) is 13.7. The zero-order valence-corrected chi connectivity index (χ0v) is 8.22. The summed E-state index contributed by atoms with van der Waals surface area (Å²) in [5.74, 6) is -5.44. The minimum atomic E-state index is -2.72. The van der Waals surface area contributed by atoms with E-state index in [1.54, 1.807) is 0 Å². The van der Waals surface area contributed by atoms with Crippen molar-refractivity contribution in [3.8, 4) is 0 Å². The molecule has 0 rings (SSSR count). The van der Waals surface area contributed by atoms with E-state index in [4.69, 9.17) is 30.6 Å². The van der Waals surface area contributed by atoms with Crippen LogP contribution in [0.15, 0.2) is 0 Å². The van der Waals surface area contributed by atoms with Gasteiger partial charge < -0.3 is 41.3 Å². The summed E-state index contributed by atoms with van der Waals surface area (Å²) in [7, 11) is 0. The number of rotatable bonds is 8. The summed E-state index contributed by atoms with van der Waals surface area (Å²) < 4.78 is 0. The van der Waals surface area contributed by atoms with Gasteiger partial charge in [-0.1, -0.05) is 0 Å². The van der Waals surface area contributed by atoms with Gasteiger partial charge in [-0.05, 0) is 19.5 Å². The van der Waals surface area contributed by atoms with Crippen molar-refractivity contribution in [1.29, 1.82) is 0 Å². The smallest absolute Gasteiger partial charge is 0.288 e. The lowest BCUT2D eigenvalue weighted by molar-refractivity contribution is -0.306. The maximum atomic E-state index is 8.46. The van der Waals surface area contributed by atoms with Crippen molar-refractivity contribution in [2.24, 2.45) is 0 Å². The van der Waals surface area contributed by atoms with Crippen LogP contribution in [0, 0.1) is 0 Å². The molecule has 15 heavy (non-hydrogen) atoms. The van der Waals surface area contributed by atoms with Crippen LogP contribution < -0.4 is 10.6 Å². The lowest BCUT2D eigenvalue weighted by Crippen LogP contribution is -2.42. The quantitative estimate of drug-likeness (QED) is 0.154. The van der Waals surface area contributed by atoms with Crippen molar-refractivity contribution in [2.45, 2.75) is 18.4 Å². The van der Waals surface area contributed by atoms with Crippen molar-refractivity contribution in [2.75, 3.05) is 26.2 Å². The van der Waals surface area contributed by atoms with E-state index in [2.05, 4.69) is 10.6 Å². The molecule has 0 spiro atoms. The van der Waals surface area contributed by atoms with Crippen LogP contribution in [0.25, 0.3) is 0 Å². The van der Waals surface area contributed by atoms with E-state index in [9.17, 15) is 0 Å². The van der Waals surface area contributed by atoms with Gasteiger partial charge in [0.1, 0.15) is 0 Å². The van der Waals surface area contributed by atoms with E-state index in [1.807, 2.05) is 0 Å². The van der Waals surface area contributed by atoms with Crippen LogP contribution in [0.3, 0.4) is 0 Å². The summed E-state index contributed by atoms with van der Waals surface area (Å²) in [5.41, 5.74) is 0. The number of hydrogen-bond donors (Lipinski definition) is 8. The molecule has 0 aromatic carbocycles. The van der Waals surface area contributed by atoms with Gasteiger partial charge in [-0.3, -0.25) is 0 Å². The highest BCUT2D eigenvalue weighted by Gasteiger charge is 2.17. The van der Waals surface area contributed by atoms with Crippen molar-refractivity contribution in [1.82, 2.24) is 10.6 Å². The molecule has 0 saturated carbocycles. The van der Waals surface area contributed by atoms with E-state index < -0.39 is 11.9 Å². The van der Waals surface area contributed by atoms with Crippen molar-refractivity contribution in [3.63, 3.8) is 0 Å². The summed E-state index contributed by atoms with van der Waals surface area (Å²) in [6.45, 7) is 0.0330. The van der Waals surface area contributed by atoms with Crippen LogP contribution in [0.5, 0.6) is 0 Å². The Morgan fingerprint density at radius 1 is 0.667 bits per heavy atom. The average molecular weight is 226 g/mol. The molecule has 0 aliphatic carbocycles. The Hall–Kier alpha value is -0.320. The van der Waals surface area contributed by atoms with E-state index in [0.29, 0.717) is 19.5 Å². The van der Waals surface area contributed by atoms with Crippen LogP contribution in [0.2, 0.25) is 0 Å². The zero-order chi connectivity index (χ0) is 11.9. The van der Waals surface area contributed by atoms with Gasteiger partial charge in [-0.25, -0.2) is 0 Å². The summed E-state index contributed by atoms with van der Waals surface area (Å²) in [5, 5.41) is 55.9. The molecule has 0 atom stereocenters. The standard InChI is InChI=1S/C7H18N2O6/c10-6(11,12)4-8-2-1-3-9-5-7(13,14)15/h8-15H,1-5H2. The number of nitrogens with one attached hydrogen (secondary N) is 2. The first-order chi connectivity index (χ1) is 6.71. The van der Waals surface area contributed by atoms with Crippen molar-refractivity contribution >= 4 is 0 Å². The predicted molar refractivity (Wildman–Crippen MR) is 49.1 cm³/mol. The molecule has 0 bridgehead atoms. The molecule has 92 valence electrons. The van der Waals surface area contributed by atoms with E-state index in [0.717, 1.165) is 0 Å². The summed E-state index contributed by atoms with van der Waals surface area (Å²) >= 11 is 0. The zero-order valence-electron chi connectivity index (χ0n) is 8.22. The topological polar surface area (TPSA) is 145 Å². The van der Waals surface area contributed by atoms with Crippen molar-refractivity contribution in [3.05, 3.63) is 0 Å². The SMILES string of the molecule is OC(O)(O)CNCCCNCC(O)(O)O. The number of aliphatic hydroxyl groups is 6. The molecule has 8 heteroatoms. The molecule has 0 unspecified atom stereocenters. The Morgan fingerprint density at radius 3 is 1.27 bits per heavy atom. The largest absolute Gasteiger partial charge is 0.343 e. The molecule has 8 N–H and O–H groups in total. The van der Waals surface area contributed by atoms with E-state index in [1.165, 1.54) is 0 Å². The fourth-order valence-electron chi connectivity index (χ4n) is 0.851. The minimum absolute atomic E-state index is 0.378. The normalized spacial score (nSPS) is 13.2. The average Bonchev–Trinajstić information content (AvgIpc) is 1.98. The molecule has 0 aromatic rings. The molecule has 0 fully saturated rings. The first-order valence-electron chi connectivity index (χ1n) is 4.46. The first kappa shape index (κ1) is 14.7. The molecular weight excluding hydrogens is 208 g/mol. The lowest BCUT2D eigenvalue weighted by Gasteiger charge is -2.16. The van der Waals surface area contributed by atoms with Crippen LogP contribution >= 0.6 is 0 Å². The third-order valence-corrected chi connectivity index (χ3v) is 1.43. The maximum Gasteiger partial charge on any atom is 0.288 e. The molecule has 0 amide bonds. The van der Waals surface area contributed by atoms with Gasteiger partial charge in [0.15, 0.2) is 0 Å². The maximum absolute atomic E-state index is 8.46. The van der Waals surface area contributed by atoms with E-state index in [-0.39, 0.29) is 13.1 Å². The lowest BCUT2D eigenvalue weighted by atomic mass is 10.4. The second kappa shape index (κ2) is 6.30. The van der Waals surface area contributed by atoms with Crippen LogP contribution in [-0.4, -0.2) is 68.8 Å². The van der Waals surface area contributed by atoms with Crippen LogP contribution in [0.1, 0.15) is 6.42 Å². The molecule has 0 aromatic heterocycles. The van der Waals surface area contributed by atoms with Gasteiger partial charge in [0.25, 0.3) is 11.9 Å². The highest BCUT2D eigenvalue weighted by Crippen LogP contribution is 1.89. The second-order valence-electron chi connectivity index (χ2n) is 3.26. The Balaban J connectivity index is 3.20. The molecule has 0 saturated heterocycles. The van der Waals surface area contributed by atoms with Gasteiger partial charge in [-0.2, -0.15) is 0 Å². The molecule has 0 radical (unpaired) electrons. The van der Waals surface area contributed by atoms with Crippen molar-refractivity contribution < 1.29 is 30.6 Å². The molecule has 0 heterocycles. The Bertz CT molecular complexity index is 146. The number of hydrogen-bond acceptors (Lipinski definition) is 8. The monoisotopic (exact) mass is 226 g/mol. The Kier molecular flexibility index (Phi) is 6.17. The molecule has 8 nitrogen and oxygen atoms in total. The second-order valence-corrected chi connectivity index (χ2v) is 3.26. The van der Waals surface area contributed by atoms with E-state index >= 15 is 0 Å². The van der Waals surface area contributed by atoms with Gasteiger partial charge in [0.05, 0.1) is 13.1 Å². The Labute approximate surface area is 86.8 Å². The summed E-state index contributed by atoms with van der Waals surface area (Å²) in [4.78, 5) is 0. The molecule has 0 aliphatic rings. The fourth-order valence-corrected chi connectivity index (χ4v) is 0.851.